The van der Waals surface area contributed by atoms with Crippen molar-refractivity contribution in [2.24, 2.45) is 5.41 Å². The minimum Gasteiger partial charge on any atom is -0.396 e. The molecule has 0 spiro atoms. The molecule has 0 bridgehead atoms. The van der Waals surface area contributed by atoms with Crippen molar-refractivity contribution in [3.05, 3.63) is 29.8 Å². The summed E-state index contributed by atoms with van der Waals surface area (Å²) < 4.78 is 0. The molecule has 1 aromatic rings. The molecule has 1 aromatic carbocycles. The van der Waals surface area contributed by atoms with Crippen LogP contribution in [0.5, 0.6) is 0 Å². The molecule has 0 aliphatic rings. The molecule has 0 saturated carbocycles. The molecular formula is C16H26N2O2. The summed E-state index contributed by atoms with van der Waals surface area (Å²) in [6.07, 6.45) is 0.663. The van der Waals surface area contributed by atoms with Crippen molar-refractivity contribution in [1.82, 2.24) is 5.32 Å². The lowest BCUT2D eigenvalue weighted by atomic mass is 9.90. The number of carbonyl (C=O) groups is 1. The summed E-state index contributed by atoms with van der Waals surface area (Å²) in [6.45, 7) is 8.90. The summed E-state index contributed by atoms with van der Waals surface area (Å²) in [5, 5.41) is 14.7. The number of hydrogen-bond donors (Lipinski definition) is 3. The number of aliphatic hydroxyl groups excluding tert-OH is 1. The summed E-state index contributed by atoms with van der Waals surface area (Å²) in [4.78, 5) is 12.0. The van der Waals surface area contributed by atoms with Crippen LogP contribution in [0.15, 0.2) is 24.3 Å². The van der Waals surface area contributed by atoms with Gasteiger partial charge in [-0.2, -0.15) is 0 Å². The van der Waals surface area contributed by atoms with Crippen molar-refractivity contribution < 1.29 is 9.90 Å². The van der Waals surface area contributed by atoms with E-state index in [1.165, 1.54) is 0 Å². The van der Waals surface area contributed by atoms with E-state index in [1.54, 1.807) is 0 Å². The second-order valence-corrected chi connectivity index (χ2v) is 6.19. The molecule has 4 nitrogen and oxygen atoms in total. The van der Waals surface area contributed by atoms with Crippen LogP contribution in [0.3, 0.4) is 0 Å². The Labute approximate surface area is 121 Å². The maximum atomic E-state index is 12.0. The van der Waals surface area contributed by atoms with E-state index in [0.29, 0.717) is 18.9 Å². The predicted octanol–water partition coefficient (Wildman–Crippen LogP) is 3.34. The van der Waals surface area contributed by atoms with Gasteiger partial charge in [-0.25, -0.2) is 4.79 Å². The van der Waals surface area contributed by atoms with Gasteiger partial charge in [0, 0.05) is 18.8 Å². The number of rotatable bonds is 6. The fourth-order valence-corrected chi connectivity index (χ4v) is 1.99. The fourth-order valence-electron chi connectivity index (χ4n) is 1.99. The first-order valence-electron chi connectivity index (χ1n) is 7.10. The highest BCUT2D eigenvalue weighted by atomic mass is 16.3. The highest BCUT2D eigenvalue weighted by molar-refractivity contribution is 5.90. The topological polar surface area (TPSA) is 61.4 Å². The zero-order valence-electron chi connectivity index (χ0n) is 12.9. The molecule has 1 rings (SSSR count). The number of anilines is 1. The predicted molar refractivity (Wildman–Crippen MR) is 83.0 cm³/mol. The number of hydrogen-bond acceptors (Lipinski definition) is 2. The summed E-state index contributed by atoms with van der Waals surface area (Å²) in [5.74, 6) is 0.359. The van der Waals surface area contributed by atoms with Crippen LogP contribution in [0.25, 0.3) is 0 Å². The van der Waals surface area contributed by atoms with Gasteiger partial charge in [0.2, 0.25) is 0 Å². The molecule has 0 aliphatic heterocycles. The molecule has 0 unspecified atom stereocenters. The van der Waals surface area contributed by atoms with Gasteiger partial charge in [-0.3, -0.25) is 0 Å². The third-order valence-electron chi connectivity index (χ3n) is 3.35. The molecule has 0 heterocycles. The molecule has 0 radical (unpaired) electrons. The van der Waals surface area contributed by atoms with Crippen molar-refractivity contribution in [2.45, 2.75) is 40.0 Å². The number of amides is 2. The number of benzene rings is 1. The van der Waals surface area contributed by atoms with Gasteiger partial charge in [-0.15, -0.1) is 0 Å². The van der Waals surface area contributed by atoms with Gasteiger partial charge >= 0.3 is 6.03 Å². The van der Waals surface area contributed by atoms with Crippen molar-refractivity contribution in [1.29, 1.82) is 0 Å². The number of aliphatic hydroxyl groups is 1. The molecule has 3 N–H and O–H groups in total. The highest BCUT2D eigenvalue weighted by Gasteiger charge is 2.18. The molecule has 4 heteroatoms. The molecule has 0 atom stereocenters. The maximum Gasteiger partial charge on any atom is 0.319 e. The smallest absolute Gasteiger partial charge is 0.319 e. The molecule has 0 saturated heterocycles. The molecule has 112 valence electrons. The SMILES string of the molecule is CC(C)c1ccccc1NC(=O)NCC(C)(C)CCO. The van der Waals surface area contributed by atoms with E-state index in [9.17, 15) is 4.79 Å². The fraction of sp³-hybridized carbons (Fsp3) is 0.562. The first kappa shape index (κ1) is 16.5. The standard InChI is InChI=1S/C16H26N2O2/c1-12(2)13-7-5-6-8-14(13)18-15(20)17-11-16(3,4)9-10-19/h5-8,12,19H,9-11H2,1-4H3,(H2,17,18,20). The second kappa shape index (κ2) is 7.29. The average molecular weight is 278 g/mol. The van der Waals surface area contributed by atoms with E-state index in [4.69, 9.17) is 5.11 Å². The zero-order valence-corrected chi connectivity index (χ0v) is 12.9. The third kappa shape index (κ3) is 5.21. The van der Waals surface area contributed by atoms with Gasteiger partial charge < -0.3 is 15.7 Å². The minimum absolute atomic E-state index is 0.107. The minimum atomic E-state index is -0.205. The Bertz CT molecular complexity index is 442. The molecule has 0 aromatic heterocycles. The van der Waals surface area contributed by atoms with Gasteiger partial charge in [0.25, 0.3) is 0 Å². The van der Waals surface area contributed by atoms with Crippen LogP contribution >= 0.6 is 0 Å². The van der Waals surface area contributed by atoms with Crippen LogP contribution in [-0.4, -0.2) is 24.3 Å². The molecule has 0 fully saturated rings. The number of carbonyl (C=O) groups excluding carboxylic acids is 1. The Balaban J connectivity index is 2.59. The van der Waals surface area contributed by atoms with E-state index in [2.05, 4.69) is 24.5 Å². The summed E-state index contributed by atoms with van der Waals surface area (Å²) >= 11 is 0. The van der Waals surface area contributed by atoms with E-state index < -0.39 is 0 Å². The van der Waals surface area contributed by atoms with E-state index in [-0.39, 0.29) is 18.1 Å². The first-order chi connectivity index (χ1) is 9.35. The van der Waals surface area contributed by atoms with Crippen LogP contribution in [0.1, 0.15) is 45.6 Å². The Morgan fingerprint density at radius 2 is 1.95 bits per heavy atom. The Hall–Kier alpha value is -1.55. The molecular weight excluding hydrogens is 252 g/mol. The van der Waals surface area contributed by atoms with Crippen LogP contribution in [0.2, 0.25) is 0 Å². The van der Waals surface area contributed by atoms with Gasteiger partial charge in [0.15, 0.2) is 0 Å². The average Bonchev–Trinajstić information content (AvgIpc) is 2.37. The lowest BCUT2D eigenvalue weighted by Gasteiger charge is -2.24. The molecule has 2 amide bonds. The highest BCUT2D eigenvalue weighted by Crippen LogP contribution is 2.23. The first-order valence-corrected chi connectivity index (χ1v) is 7.10. The van der Waals surface area contributed by atoms with Crippen molar-refractivity contribution in [2.75, 3.05) is 18.5 Å². The maximum absolute atomic E-state index is 12.0. The van der Waals surface area contributed by atoms with Crippen LogP contribution in [0, 0.1) is 5.41 Å². The monoisotopic (exact) mass is 278 g/mol. The third-order valence-corrected chi connectivity index (χ3v) is 3.35. The lowest BCUT2D eigenvalue weighted by Crippen LogP contribution is -2.37. The van der Waals surface area contributed by atoms with Gasteiger partial charge in [-0.1, -0.05) is 45.9 Å². The van der Waals surface area contributed by atoms with Gasteiger partial charge in [0.05, 0.1) is 0 Å². The van der Waals surface area contributed by atoms with Crippen molar-refractivity contribution in [3.63, 3.8) is 0 Å². The van der Waals surface area contributed by atoms with Crippen LogP contribution in [0.4, 0.5) is 10.5 Å². The lowest BCUT2D eigenvalue weighted by molar-refractivity contribution is 0.204. The largest absolute Gasteiger partial charge is 0.396 e. The second-order valence-electron chi connectivity index (χ2n) is 6.19. The Morgan fingerprint density at radius 1 is 1.30 bits per heavy atom. The zero-order chi connectivity index (χ0) is 15.2. The van der Waals surface area contributed by atoms with Crippen LogP contribution < -0.4 is 10.6 Å². The summed E-state index contributed by atoms with van der Waals surface area (Å²) in [7, 11) is 0. The van der Waals surface area contributed by atoms with Crippen molar-refractivity contribution in [3.8, 4) is 0 Å². The number of nitrogens with one attached hydrogen (secondary N) is 2. The Morgan fingerprint density at radius 3 is 2.55 bits per heavy atom. The van der Waals surface area contributed by atoms with Gasteiger partial charge in [-0.05, 0) is 29.4 Å². The Kier molecular flexibility index (Phi) is 6.02. The summed E-state index contributed by atoms with van der Waals surface area (Å²) in [5.41, 5.74) is 1.86. The normalized spacial score (nSPS) is 11.5. The number of urea groups is 1. The summed E-state index contributed by atoms with van der Waals surface area (Å²) in [6, 6.07) is 7.62. The van der Waals surface area contributed by atoms with E-state index in [1.807, 2.05) is 38.1 Å². The van der Waals surface area contributed by atoms with Gasteiger partial charge in [0.1, 0.15) is 0 Å². The molecule has 20 heavy (non-hydrogen) atoms. The van der Waals surface area contributed by atoms with Crippen molar-refractivity contribution >= 4 is 11.7 Å². The van der Waals surface area contributed by atoms with E-state index >= 15 is 0 Å². The van der Waals surface area contributed by atoms with E-state index in [0.717, 1.165) is 11.3 Å². The number of para-hydroxylation sites is 1. The van der Waals surface area contributed by atoms with Crippen LogP contribution in [-0.2, 0) is 0 Å². The molecule has 0 aliphatic carbocycles. The quantitative estimate of drug-likeness (QED) is 0.747.